The van der Waals surface area contributed by atoms with E-state index in [9.17, 15) is 8.78 Å². The largest absolute Gasteiger partial charge is 0.322 e. The summed E-state index contributed by atoms with van der Waals surface area (Å²) in [5, 5.41) is 4.07. The van der Waals surface area contributed by atoms with Crippen molar-refractivity contribution in [3.8, 4) is 0 Å². The van der Waals surface area contributed by atoms with Gasteiger partial charge >= 0.3 is 0 Å². The van der Waals surface area contributed by atoms with Gasteiger partial charge in [-0.2, -0.15) is 5.10 Å². The molecule has 0 aromatic carbocycles. The molecular formula is C12H15F2N5. The minimum Gasteiger partial charge on any atom is -0.322 e. The van der Waals surface area contributed by atoms with E-state index in [-0.39, 0.29) is 24.8 Å². The van der Waals surface area contributed by atoms with Gasteiger partial charge in [0.2, 0.25) is 5.92 Å². The van der Waals surface area contributed by atoms with Gasteiger partial charge in [-0.3, -0.25) is 0 Å². The average molecular weight is 267 g/mol. The van der Waals surface area contributed by atoms with Gasteiger partial charge in [0.15, 0.2) is 0 Å². The molecule has 19 heavy (non-hydrogen) atoms. The van der Waals surface area contributed by atoms with Crippen LogP contribution >= 0.6 is 0 Å². The van der Waals surface area contributed by atoms with Crippen LogP contribution in [0.25, 0.3) is 5.78 Å². The van der Waals surface area contributed by atoms with Crippen molar-refractivity contribution in [3.63, 3.8) is 0 Å². The number of hydrogen-bond acceptors (Lipinski definition) is 4. The Bertz CT molecular complexity index is 539. The highest BCUT2D eigenvalue weighted by Gasteiger charge is 2.37. The van der Waals surface area contributed by atoms with Crippen molar-refractivity contribution in [2.75, 3.05) is 0 Å². The first-order valence-electron chi connectivity index (χ1n) is 6.35. The van der Waals surface area contributed by atoms with Gasteiger partial charge in [-0.25, -0.2) is 23.3 Å². The summed E-state index contributed by atoms with van der Waals surface area (Å²) in [5.74, 6) is -2.00. The van der Waals surface area contributed by atoms with Gasteiger partial charge in [-0.05, 0) is 18.8 Å². The van der Waals surface area contributed by atoms with Crippen molar-refractivity contribution >= 4 is 5.78 Å². The van der Waals surface area contributed by atoms with Crippen molar-refractivity contribution in [1.29, 1.82) is 0 Å². The summed E-state index contributed by atoms with van der Waals surface area (Å²) in [7, 11) is 0. The molecule has 1 saturated carbocycles. The van der Waals surface area contributed by atoms with Crippen molar-refractivity contribution in [3.05, 3.63) is 24.3 Å². The number of nitrogens with two attached hydrogens (primary N) is 1. The van der Waals surface area contributed by atoms with E-state index in [1.807, 2.05) is 0 Å². The molecule has 0 bridgehead atoms. The SMILES string of the molecule is N[C@H](c1cn2nccnc2n1)C1CCC(F)(F)CC1. The van der Waals surface area contributed by atoms with Crippen LogP contribution in [0.2, 0.25) is 0 Å². The summed E-state index contributed by atoms with van der Waals surface area (Å²) in [6, 6.07) is -0.334. The minimum atomic E-state index is -2.53. The van der Waals surface area contributed by atoms with Crippen LogP contribution in [-0.4, -0.2) is 25.5 Å². The molecule has 2 N–H and O–H groups in total. The predicted molar refractivity (Wildman–Crippen MR) is 64.6 cm³/mol. The van der Waals surface area contributed by atoms with Gasteiger partial charge in [0, 0.05) is 12.8 Å². The lowest BCUT2D eigenvalue weighted by Crippen LogP contribution is -2.31. The number of alkyl halides is 2. The first kappa shape index (κ1) is 12.4. The smallest absolute Gasteiger partial charge is 0.250 e. The molecule has 3 rings (SSSR count). The number of imidazole rings is 1. The molecule has 102 valence electrons. The second-order valence-corrected chi connectivity index (χ2v) is 5.07. The fraction of sp³-hybridized carbons (Fsp3) is 0.583. The van der Waals surface area contributed by atoms with E-state index >= 15 is 0 Å². The summed E-state index contributed by atoms with van der Waals surface area (Å²) in [6.45, 7) is 0. The summed E-state index contributed by atoms with van der Waals surface area (Å²) < 4.78 is 27.8. The zero-order valence-electron chi connectivity index (χ0n) is 10.3. The van der Waals surface area contributed by atoms with Crippen molar-refractivity contribution in [2.24, 2.45) is 11.7 Å². The molecule has 5 nitrogen and oxygen atoms in total. The number of nitrogens with zero attached hydrogens (tertiary/aromatic N) is 4. The second kappa shape index (κ2) is 4.48. The molecule has 0 spiro atoms. The zero-order valence-corrected chi connectivity index (χ0v) is 10.3. The fourth-order valence-electron chi connectivity index (χ4n) is 2.58. The molecule has 0 saturated heterocycles. The molecule has 0 amide bonds. The summed E-state index contributed by atoms with van der Waals surface area (Å²) in [6.07, 6.45) is 5.53. The Morgan fingerprint density at radius 1 is 1.32 bits per heavy atom. The highest BCUT2D eigenvalue weighted by atomic mass is 19.3. The lowest BCUT2D eigenvalue weighted by molar-refractivity contribution is -0.0484. The molecule has 1 aliphatic rings. The molecular weight excluding hydrogens is 252 g/mol. The van der Waals surface area contributed by atoms with Gasteiger partial charge < -0.3 is 5.73 Å². The summed E-state index contributed by atoms with van der Waals surface area (Å²) in [4.78, 5) is 8.37. The van der Waals surface area contributed by atoms with Crippen LogP contribution in [0.5, 0.6) is 0 Å². The first-order chi connectivity index (χ1) is 9.05. The lowest BCUT2D eigenvalue weighted by atomic mass is 9.81. The van der Waals surface area contributed by atoms with Gasteiger partial charge in [0.05, 0.1) is 30.3 Å². The Morgan fingerprint density at radius 3 is 2.74 bits per heavy atom. The van der Waals surface area contributed by atoms with Crippen LogP contribution in [0.15, 0.2) is 18.6 Å². The standard InChI is InChI=1S/C12H15F2N5/c13-12(14)3-1-8(2-4-12)10(15)9-7-19-11(18-9)16-5-6-17-19/h5-8,10H,1-4,15H2/t10-/m0/s1. The Hall–Kier alpha value is -1.63. The van der Waals surface area contributed by atoms with E-state index in [1.165, 1.54) is 0 Å². The molecule has 1 atom stereocenters. The number of fused-ring (bicyclic) bond motifs is 1. The summed E-state index contributed by atoms with van der Waals surface area (Å²) in [5.41, 5.74) is 6.81. The molecule has 2 aromatic rings. The normalized spacial score (nSPS) is 21.6. The Balaban J connectivity index is 1.78. The van der Waals surface area contributed by atoms with Crippen LogP contribution < -0.4 is 5.73 Å². The van der Waals surface area contributed by atoms with E-state index in [0.717, 1.165) is 0 Å². The van der Waals surface area contributed by atoms with E-state index in [4.69, 9.17) is 5.73 Å². The molecule has 2 heterocycles. The highest BCUT2D eigenvalue weighted by molar-refractivity contribution is 5.28. The van der Waals surface area contributed by atoms with Crippen LogP contribution in [0.1, 0.15) is 37.4 Å². The maximum atomic E-state index is 13.1. The van der Waals surface area contributed by atoms with Gasteiger partial charge in [-0.15, -0.1) is 0 Å². The second-order valence-electron chi connectivity index (χ2n) is 5.07. The molecule has 1 fully saturated rings. The lowest BCUT2D eigenvalue weighted by Gasteiger charge is -2.31. The maximum Gasteiger partial charge on any atom is 0.250 e. The minimum absolute atomic E-state index is 0.0459. The van der Waals surface area contributed by atoms with Gasteiger partial charge in [0.1, 0.15) is 0 Å². The molecule has 0 radical (unpaired) electrons. The van der Waals surface area contributed by atoms with Crippen LogP contribution in [0.3, 0.4) is 0 Å². The number of rotatable bonds is 2. The maximum absolute atomic E-state index is 13.1. The van der Waals surface area contributed by atoms with E-state index in [2.05, 4.69) is 15.1 Å². The van der Waals surface area contributed by atoms with Gasteiger partial charge in [-0.1, -0.05) is 0 Å². The zero-order chi connectivity index (χ0) is 13.5. The number of hydrogen-bond donors (Lipinski definition) is 1. The van der Waals surface area contributed by atoms with E-state index in [0.29, 0.717) is 24.3 Å². The highest BCUT2D eigenvalue weighted by Crippen LogP contribution is 2.40. The predicted octanol–water partition coefficient (Wildman–Crippen LogP) is 1.95. The third-order valence-electron chi connectivity index (χ3n) is 3.75. The quantitative estimate of drug-likeness (QED) is 0.903. The van der Waals surface area contributed by atoms with E-state index in [1.54, 1.807) is 23.1 Å². The van der Waals surface area contributed by atoms with Crippen molar-refractivity contribution in [2.45, 2.75) is 37.6 Å². The average Bonchev–Trinajstić information content (AvgIpc) is 2.81. The Morgan fingerprint density at radius 2 is 2.05 bits per heavy atom. The molecule has 0 aliphatic heterocycles. The topological polar surface area (TPSA) is 69.1 Å². The van der Waals surface area contributed by atoms with Crippen LogP contribution in [-0.2, 0) is 0 Å². The Labute approximate surface area is 108 Å². The molecule has 7 heteroatoms. The molecule has 1 aliphatic carbocycles. The molecule has 0 unspecified atom stereocenters. The summed E-state index contributed by atoms with van der Waals surface area (Å²) >= 11 is 0. The van der Waals surface area contributed by atoms with Crippen molar-refractivity contribution in [1.82, 2.24) is 19.6 Å². The fourth-order valence-corrected chi connectivity index (χ4v) is 2.58. The number of aromatic nitrogens is 4. The first-order valence-corrected chi connectivity index (χ1v) is 6.35. The monoisotopic (exact) mass is 267 g/mol. The van der Waals surface area contributed by atoms with E-state index < -0.39 is 5.92 Å². The Kier molecular flexibility index (Phi) is 2.93. The van der Waals surface area contributed by atoms with Gasteiger partial charge in [0.25, 0.3) is 5.78 Å². The van der Waals surface area contributed by atoms with Crippen LogP contribution in [0.4, 0.5) is 8.78 Å². The van der Waals surface area contributed by atoms with Crippen LogP contribution in [0, 0.1) is 5.92 Å². The third kappa shape index (κ3) is 2.42. The third-order valence-corrected chi connectivity index (χ3v) is 3.75. The van der Waals surface area contributed by atoms with Crippen molar-refractivity contribution < 1.29 is 8.78 Å². The molecule has 2 aromatic heterocycles. The number of halogens is 2.